The molecule has 0 bridgehead atoms. The number of ketones is 2. The Morgan fingerprint density at radius 1 is 1.18 bits per heavy atom. The van der Waals surface area contributed by atoms with E-state index >= 15 is 0 Å². The molecule has 28 heavy (non-hydrogen) atoms. The molecule has 1 aromatic carbocycles. The van der Waals surface area contributed by atoms with Gasteiger partial charge in [-0.05, 0) is 24.5 Å². The van der Waals surface area contributed by atoms with Crippen molar-refractivity contribution >= 4 is 29.1 Å². The van der Waals surface area contributed by atoms with Crippen LogP contribution in [0.1, 0.15) is 34.9 Å². The predicted octanol–water partition coefficient (Wildman–Crippen LogP) is 1.61. The third kappa shape index (κ3) is 2.31. The second-order valence-corrected chi connectivity index (χ2v) is 7.67. The Morgan fingerprint density at radius 2 is 1.86 bits per heavy atom. The molecule has 0 fully saturated rings. The van der Waals surface area contributed by atoms with Gasteiger partial charge in [0.05, 0.1) is 17.6 Å². The first-order chi connectivity index (χ1) is 13.1. The fraction of sp³-hybridized carbons (Fsp3) is 0.316. The summed E-state index contributed by atoms with van der Waals surface area (Å²) in [5.41, 5.74) is 4.21. The van der Waals surface area contributed by atoms with Crippen LogP contribution in [0.2, 0.25) is 5.02 Å². The zero-order valence-electron chi connectivity index (χ0n) is 14.3. The van der Waals surface area contributed by atoms with Crippen molar-refractivity contribution in [1.82, 2.24) is 0 Å². The molecule has 1 unspecified atom stereocenters. The van der Waals surface area contributed by atoms with E-state index in [1.54, 1.807) is 0 Å². The van der Waals surface area contributed by atoms with Gasteiger partial charge < -0.3 is 26.2 Å². The van der Waals surface area contributed by atoms with E-state index < -0.39 is 64.2 Å². The fourth-order valence-corrected chi connectivity index (χ4v) is 4.90. The van der Waals surface area contributed by atoms with Crippen molar-refractivity contribution < 1.29 is 34.8 Å². The molecule has 8 nitrogen and oxygen atoms in total. The number of aliphatic hydroxyl groups is 3. The highest BCUT2D eigenvalue weighted by Crippen LogP contribution is 2.53. The highest BCUT2D eigenvalue weighted by atomic mass is 35.5. The van der Waals surface area contributed by atoms with E-state index in [-0.39, 0.29) is 34.6 Å². The first-order valence-electron chi connectivity index (χ1n) is 8.58. The van der Waals surface area contributed by atoms with Crippen molar-refractivity contribution in [3.8, 4) is 5.75 Å². The molecule has 1 aromatic rings. The molecule has 3 aliphatic rings. The number of carbonyl (C=O) groups excluding carboxylic acids is 3. The lowest BCUT2D eigenvalue weighted by Crippen LogP contribution is -2.44. The number of phenols is 1. The Hall–Kier alpha value is -2.84. The second kappa shape index (κ2) is 6.08. The van der Waals surface area contributed by atoms with Crippen LogP contribution in [0.15, 0.2) is 34.8 Å². The summed E-state index contributed by atoms with van der Waals surface area (Å²) in [7, 11) is 0. The molecule has 0 aliphatic heterocycles. The standard InChI is InChI=1S/C19H16ClNO7/c20-7-1-2-8(22)13-12(7)15(24)6-3-5-4-9(23)14(19(21)28)17(26)10(5)16(25)11(6)18(13)27/h1-2,5-6,10,15,22-25H,3-4H2,(H2,21,28)/t5-,6-,10?,15-/m0/s1. The van der Waals surface area contributed by atoms with Gasteiger partial charge >= 0.3 is 0 Å². The van der Waals surface area contributed by atoms with Crippen LogP contribution in [0.4, 0.5) is 0 Å². The molecule has 4 rings (SSSR count). The average molecular weight is 406 g/mol. The predicted molar refractivity (Wildman–Crippen MR) is 95.6 cm³/mol. The molecule has 1 amide bonds. The van der Waals surface area contributed by atoms with Gasteiger partial charge in [0, 0.05) is 28.5 Å². The Kier molecular flexibility index (Phi) is 4.02. The summed E-state index contributed by atoms with van der Waals surface area (Å²) in [6, 6.07) is 2.55. The van der Waals surface area contributed by atoms with Crippen LogP contribution in [0.5, 0.6) is 5.75 Å². The third-order valence-corrected chi connectivity index (χ3v) is 6.14. The molecule has 146 valence electrons. The lowest BCUT2D eigenvalue weighted by atomic mass is 9.61. The van der Waals surface area contributed by atoms with E-state index in [2.05, 4.69) is 0 Å². The largest absolute Gasteiger partial charge is 0.511 e. The van der Waals surface area contributed by atoms with Crippen LogP contribution in [0.3, 0.4) is 0 Å². The molecule has 0 heterocycles. The van der Waals surface area contributed by atoms with E-state index in [4.69, 9.17) is 17.3 Å². The van der Waals surface area contributed by atoms with E-state index in [0.29, 0.717) is 0 Å². The Bertz CT molecular complexity index is 1030. The van der Waals surface area contributed by atoms with Crippen molar-refractivity contribution in [2.24, 2.45) is 23.5 Å². The number of hydrogen-bond acceptors (Lipinski definition) is 7. The van der Waals surface area contributed by atoms with E-state index in [1.807, 2.05) is 0 Å². The van der Waals surface area contributed by atoms with E-state index in [9.17, 15) is 34.8 Å². The maximum atomic E-state index is 13.0. The first-order valence-corrected chi connectivity index (χ1v) is 8.96. The SMILES string of the molecule is NC(=O)C1=C(O)C[C@@H]2C[C@H]3C(=C(O)C2C1=O)C(=O)c1c(O)ccc(Cl)c1[C@H]3O. The van der Waals surface area contributed by atoms with Crippen molar-refractivity contribution in [2.45, 2.75) is 18.9 Å². The summed E-state index contributed by atoms with van der Waals surface area (Å²) in [6.07, 6.45) is -1.32. The number of nitrogens with two attached hydrogens (primary N) is 1. The minimum Gasteiger partial charge on any atom is -0.511 e. The van der Waals surface area contributed by atoms with Gasteiger partial charge in [0.2, 0.25) is 0 Å². The number of phenolic OH excluding ortho intramolecular Hbond substituents is 1. The van der Waals surface area contributed by atoms with Crippen LogP contribution in [0.25, 0.3) is 0 Å². The highest BCUT2D eigenvalue weighted by Gasteiger charge is 2.52. The van der Waals surface area contributed by atoms with Gasteiger partial charge in [0.1, 0.15) is 22.8 Å². The number of halogens is 1. The quantitative estimate of drug-likeness (QED) is 0.444. The smallest absolute Gasteiger partial charge is 0.255 e. The van der Waals surface area contributed by atoms with E-state index in [0.717, 1.165) is 0 Å². The lowest BCUT2D eigenvalue weighted by molar-refractivity contribution is -0.126. The van der Waals surface area contributed by atoms with E-state index in [1.165, 1.54) is 12.1 Å². The molecule has 0 saturated heterocycles. The van der Waals surface area contributed by atoms with Crippen LogP contribution >= 0.6 is 11.6 Å². The van der Waals surface area contributed by atoms with Crippen LogP contribution in [-0.4, -0.2) is 37.9 Å². The number of primary amides is 1. The number of allylic oxidation sites excluding steroid dienone is 2. The van der Waals surface area contributed by atoms with Crippen LogP contribution in [-0.2, 0) is 9.59 Å². The summed E-state index contributed by atoms with van der Waals surface area (Å²) in [5, 5.41) is 41.9. The number of amides is 1. The van der Waals surface area contributed by atoms with Crippen molar-refractivity contribution in [1.29, 1.82) is 0 Å². The molecule has 9 heteroatoms. The van der Waals surface area contributed by atoms with Gasteiger partial charge in [0.25, 0.3) is 5.91 Å². The van der Waals surface area contributed by atoms with Crippen molar-refractivity contribution in [3.63, 3.8) is 0 Å². The molecule has 0 aromatic heterocycles. The molecule has 0 spiro atoms. The van der Waals surface area contributed by atoms with Gasteiger partial charge in [0.15, 0.2) is 11.6 Å². The van der Waals surface area contributed by atoms with Crippen molar-refractivity contribution in [3.05, 3.63) is 50.9 Å². The summed E-state index contributed by atoms with van der Waals surface area (Å²) >= 11 is 6.12. The molecule has 4 atom stereocenters. The number of Topliss-reactive ketones (excluding diaryl/α,β-unsaturated/α-hetero) is 2. The Morgan fingerprint density at radius 3 is 2.50 bits per heavy atom. The molecule has 3 aliphatic carbocycles. The maximum absolute atomic E-state index is 13.0. The monoisotopic (exact) mass is 405 g/mol. The third-order valence-electron chi connectivity index (χ3n) is 5.81. The first kappa shape index (κ1) is 18.5. The van der Waals surface area contributed by atoms with Crippen molar-refractivity contribution in [2.75, 3.05) is 0 Å². The molecule has 0 saturated carbocycles. The fourth-order valence-electron chi connectivity index (χ4n) is 4.63. The minimum atomic E-state index is -1.30. The zero-order chi connectivity index (χ0) is 20.5. The number of hydrogen-bond donors (Lipinski definition) is 5. The topological polar surface area (TPSA) is 158 Å². The maximum Gasteiger partial charge on any atom is 0.255 e. The summed E-state index contributed by atoms with van der Waals surface area (Å²) < 4.78 is 0. The molecule has 0 radical (unpaired) electrons. The van der Waals surface area contributed by atoms with Gasteiger partial charge in [-0.25, -0.2) is 0 Å². The molecular formula is C19H16ClNO7. The van der Waals surface area contributed by atoms with Gasteiger partial charge in [-0.1, -0.05) is 11.6 Å². The number of fused-ring (bicyclic) bond motifs is 3. The number of benzene rings is 1. The molecule has 6 N–H and O–H groups in total. The molecular weight excluding hydrogens is 390 g/mol. The van der Waals surface area contributed by atoms with Gasteiger partial charge in [-0.15, -0.1) is 0 Å². The number of aliphatic hydroxyl groups excluding tert-OH is 3. The second-order valence-electron chi connectivity index (χ2n) is 7.26. The Balaban J connectivity index is 1.91. The lowest BCUT2D eigenvalue weighted by Gasteiger charge is -2.42. The normalized spacial score (nSPS) is 29.4. The number of aromatic hydroxyl groups is 1. The van der Waals surface area contributed by atoms with Gasteiger partial charge in [-0.2, -0.15) is 0 Å². The number of carbonyl (C=O) groups is 3. The van der Waals surface area contributed by atoms with Crippen LogP contribution < -0.4 is 5.73 Å². The Labute approximate surface area is 163 Å². The minimum absolute atomic E-state index is 0.0615. The summed E-state index contributed by atoms with van der Waals surface area (Å²) in [5.74, 6) is -6.93. The van der Waals surface area contributed by atoms with Crippen LogP contribution in [0, 0.1) is 17.8 Å². The number of rotatable bonds is 1. The zero-order valence-corrected chi connectivity index (χ0v) is 15.1. The summed E-state index contributed by atoms with van der Waals surface area (Å²) in [4.78, 5) is 37.3. The van der Waals surface area contributed by atoms with Gasteiger partial charge in [-0.3, -0.25) is 14.4 Å². The summed E-state index contributed by atoms with van der Waals surface area (Å²) in [6.45, 7) is 0. The highest BCUT2D eigenvalue weighted by molar-refractivity contribution is 6.32. The average Bonchev–Trinajstić information content (AvgIpc) is 2.60.